The Morgan fingerprint density at radius 3 is 1.03 bits per heavy atom. The monoisotopic (exact) mass is 1050 g/mol. The molecule has 2 heterocycles. The van der Waals surface area contributed by atoms with Crippen LogP contribution < -0.4 is 0 Å². The molecule has 20 nitrogen and oxygen atoms in total. The Hall–Kier alpha value is -2.18. The molecule has 0 saturated carbocycles. The summed E-state index contributed by atoms with van der Waals surface area (Å²) in [4.78, 5) is 71.8. The van der Waals surface area contributed by atoms with Gasteiger partial charge in [-0.15, -0.1) is 0 Å². The molecule has 0 spiro atoms. The van der Waals surface area contributed by atoms with E-state index in [1.54, 1.807) is 0 Å². The van der Waals surface area contributed by atoms with Crippen LogP contribution in [-0.2, 0) is 77.4 Å². The Kier molecular flexibility index (Phi) is 36.4. The molecule has 4 unspecified atom stereocenters. The van der Waals surface area contributed by atoms with Crippen LogP contribution in [0.25, 0.3) is 0 Å². The Balaban J connectivity index is 0.00000132. The first-order valence-corrected chi connectivity index (χ1v) is 27.3. The van der Waals surface area contributed by atoms with E-state index in [-0.39, 0.29) is 50.6 Å². The van der Waals surface area contributed by atoms with Gasteiger partial charge < -0.3 is 47.7 Å². The summed E-state index contributed by atoms with van der Waals surface area (Å²) in [6.07, 6.45) is 23.6. The number of cyclic esters (lactones) is 4. The van der Waals surface area contributed by atoms with Crippen LogP contribution >= 0.6 is 0 Å². The molecule has 0 radical (unpaired) electrons. The minimum atomic E-state index is -5.13. The smallest absolute Gasteiger partial charge is 0.747 e. The summed E-state index contributed by atoms with van der Waals surface area (Å²) in [7, 11) is -10.3. The first-order chi connectivity index (χ1) is 32.3. The summed E-state index contributed by atoms with van der Waals surface area (Å²) in [5.41, 5.74) is -2.89. The topological polar surface area (TPSA) is 313 Å². The van der Waals surface area contributed by atoms with Crippen LogP contribution in [0.4, 0.5) is 0 Å². The van der Waals surface area contributed by atoms with Gasteiger partial charge in [0.05, 0.1) is 36.9 Å². The van der Waals surface area contributed by atoms with Gasteiger partial charge in [-0.05, 0) is 12.8 Å². The molecule has 2 rings (SSSR count). The van der Waals surface area contributed by atoms with E-state index in [4.69, 9.17) is 28.4 Å². The molecule has 4 atom stereocenters. The number of ether oxygens (including phenoxy) is 6. The molecule has 2 fully saturated rings. The molecule has 69 heavy (non-hydrogen) atoms. The van der Waals surface area contributed by atoms with Crippen molar-refractivity contribution in [3.05, 3.63) is 0 Å². The largest absolute Gasteiger partial charge is 2.00 e. The maximum atomic E-state index is 12.1. The Labute approximate surface area is 439 Å². The van der Waals surface area contributed by atoms with Crippen molar-refractivity contribution >= 4 is 93.8 Å². The molecule has 2 saturated heterocycles. The van der Waals surface area contributed by atoms with Crippen LogP contribution in [0.5, 0.6) is 0 Å². The van der Waals surface area contributed by atoms with E-state index < -0.39 is 143 Å². The first-order valence-electron chi connectivity index (χ1n) is 24.3. The van der Waals surface area contributed by atoms with Crippen LogP contribution in [0.2, 0.25) is 0 Å². The molecular formula is C46H78CaO20S2. The maximum absolute atomic E-state index is 12.1. The zero-order valence-corrected chi connectivity index (χ0v) is 44.8. The van der Waals surface area contributed by atoms with E-state index in [0.29, 0.717) is 12.8 Å². The van der Waals surface area contributed by atoms with Gasteiger partial charge in [-0.3, -0.25) is 28.8 Å². The van der Waals surface area contributed by atoms with Crippen molar-refractivity contribution in [2.24, 2.45) is 10.8 Å². The predicted octanol–water partition coefficient (Wildman–Crippen LogP) is 4.85. The van der Waals surface area contributed by atoms with Gasteiger partial charge in [-0.25, -0.2) is 16.8 Å². The van der Waals surface area contributed by atoms with E-state index in [1.165, 1.54) is 89.9 Å². The molecule has 0 aromatic rings. The van der Waals surface area contributed by atoms with E-state index in [0.717, 1.165) is 38.5 Å². The Morgan fingerprint density at radius 1 is 0.507 bits per heavy atom. The number of hydrogen-bond donors (Lipinski definition) is 2. The second kappa shape index (κ2) is 37.5. The van der Waals surface area contributed by atoms with E-state index in [2.05, 4.69) is 13.8 Å². The van der Waals surface area contributed by atoms with Gasteiger partial charge in [0.2, 0.25) is 0 Å². The number of esters is 6. The van der Waals surface area contributed by atoms with Crippen molar-refractivity contribution in [1.82, 2.24) is 0 Å². The molecule has 2 N–H and O–H groups in total. The van der Waals surface area contributed by atoms with Crippen molar-refractivity contribution in [2.75, 3.05) is 52.9 Å². The van der Waals surface area contributed by atoms with Crippen LogP contribution in [0.15, 0.2) is 0 Å². The van der Waals surface area contributed by atoms with Gasteiger partial charge in [0.1, 0.15) is 59.9 Å². The third-order valence-corrected chi connectivity index (χ3v) is 13.9. The number of aliphatic hydroxyl groups is 2. The number of unbranched alkanes of at least 4 members (excludes halogenated alkanes) is 20. The van der Waals surface area contributed by atoms with Gasteiger partial charge in [0.25, 0.3) is 0 Å². The fourth-order valence-corrected chi connectivity index (χ4v) is 8.42. The van der Waals surface area contributed by atoms with Crippen LogP contribution in [0, 0.1) is 10.8 Å². The summed E-state index contributed by atoms with van der Waals surface area (Å²) < 4.78 is 97.4. The minimum Gasteiger partial charge on any atom is -0.747 e. The third-order valence-electron chi connectivity index (χ3n) is 11.8. The van der Waals surface area contributed by atoms with Gasteiger partial charge in [0.15, 0.2) is 10.5 Å². The second-order valence-corrected chi connectivity index (χ2v) is 21.2. The zero-order chi connectivity index (χ0) is 50.9. The average Bonchev–Trinajstić information content (AvgIpc) is 3.40. The molecule has 0 bridgehead atoms. The quantitative estimate of drug-likeness (QED) is 0.0299. The number of carbonyl (C=O) groups excluding carboxylic acids is 6. The van der Waals surface area contributed by atoms with Crippen LogP contribution in [0.3, 0.4) is 0 Å². The van der Waals surface area contributed by atoms with Gasteiger partial charge in [-0.1, -0.05) is 142 Å². The first kappa shape index (κ1) is 66.8. The Bertz CT molecular complexity index is 1600. The van der Waals surface area contributed by atoms with Gasteiger partial charge in [0, 0.05) is 12.8 Å². The molecule has 0 aromatic heterocycles. The molecule has 396 valence electrons. The summed E-state index contributed by atoms with van der Waals surface area (Å²) >= 11 is 0. The summed E-state index contributed by atoms with van der Waals surface area (Å²) in [5.74, 6) is -6.01. The third kappa shape index (κ3) is 30.5. The zero-order valence-electron chi connectivity index (χ0n) is 41.0. The predicted molar refractivity (Wildman–Crippen MR) is 249 cm³/mol. The molecular weight excluding hydrogens is 977 g/mol. The van der Waals surface area contributed by atoms with Crippen LogP contribution in [-0.4, -0.2) is 173 Å². The second-order valence-electron chi connectivity index (χ2n) is 18.1. The summed E-state index contributed by atoms with van der Waals surface area (Å²) in [5, 5.41) is 15.1. The van der Waals surface area contributed by atoms with E-state index in [1.807, 2.05) is 0 Å². The maximum Gasteiger partial charge on any atom is 2.00 e. The average molecular weight is 1060 g/mol. The molecule has 2 aliphatic rings. The number of aliphatic hydroxyl groups excluding tert-OH is 2. The molecule has 0 aromatic carbocycles. The number of carbonyl (C=O) groups is 6. The summed E-state index contributed by atoms with van der Waals surface area (Å²) in [6.45, 7) is 0.221. The van der Waals surface area contributed by atoms with Crippen LogP contribution in [0.1, 0.15) is 181 Å². The van der Waals surface area contributed by atoms with Crippen molar-refractivity contribution < 1.29 is 93.3 Å². The fourth-order valence-electron chi connectivity index (χ4n) is 7.13. The number of rotatable bonds is 32. The van der Waals surface area contributed by atoms with Crippen molar-refractivity contribution in [2.45, 2.75) is 191 Å². The van der Waals surface area contributed by atoms with Crippen molar-refractivity contribution in [3.63, 3.8) is 0 Å². The Morgan fingerprint density at radius 2 is 0.768 bits per heavy atom. The molecule has 23 heteroatoms. The van der Waals surface area contributed by atoms with Crippen molar-refractivity contribution in [1.29, 1.82) is 0 Å². The van der Waals surface area contributed by atoms with Gasteiger partial charge in [-0.2, -0.15) is 0 Å². The fraction of sp³-hybridized carbons (Fsp3) is 0.870. The standard InChI is InChI=1S/2C23H40O10S.Ca/c2*1-2-3-4-5-6-7-8-9-10-11-12-13-20(25)31-16-23(15-24)17-32-21(26)14-19(34(28,29)30)22(27)33-18-23;/h2*19,24H,2-18H2,1H3,(H,28,29,30);/q;;+2/p-2. The minimum absolute atomic E-state index is 0. The normalized spacial score (nSPS) is 21.4. The van der Waals surface area contributed by atoms with E-state index >= 15 is 0 Å². The van der Waals surface area contributed by atoms with Crippen molar-refractivity contribution in [3.8, 4) is 0 Å². The number of hydrogen-bond acceptors (Lipinski definition) is 20. The van der Waals surface area contributed by atoms with Gasteiger partial charge >= 0.3 is 73.6 Å². The van der Waals surface area contributed by atoms with E-state index in [9.17, 15) is 64.9 Å². The molecule has 0 aliphatic carbocycles. The molecule has 2 aliphatic heterocycles. The molecule has 0 amide bonds. The SMILES string of the molecule is CCCCCCCCCCCCCC(=O)OCC1(CO)COC(=O)CC(S(=O)(=O)[O-])C(=O)OC1.CCCCCCCCCCCCCC(=O)OCC1(CO)COC(=O)CC(S(=O)(=O)[O-])C(=O)OC1.[Ca+2]. The summed E-state index contributed by atoms with van der Waals surface area (Å²) in [6, 6.07) is 0.